The number of esters is 1. The van der Waals surface area contributed by atoms with Crippen LogP contribution in [-0.2, 0) is 9.53 Å². The molecule has 0 aromatic heterocycles. The van der Waals surface area contributed by atoms with Gasteiger partial charge in [-0.05, 0) is 24.3 Å². The second kappa shape index (κ2) is 9.32. The van der Waals surface area contributed by atoms with E-state index in [0.29, 0.717) is 22.6 Å². The van der Waals surface area contributed by atoms with Gasteiger partial charge in [0, 0.05) is 11.1 Å². The van der Waals surface area contributed by atoms with Crippen molar-refractivity contribution in [2.24, 2.45) is 0 Å². The Labute approximate surface area is 168 Å². The molecular formula is C23H19NO5. The number of amides is 1. The highest BCUT2D eigenvalue weighted by atomic mass is 16.5. The molecule has 3 aromatic rings. The summed E-state index contributed by atoms with van der Waals surface area (Å²) < 4.78 is 10.2. The zero-order chi connectivity index (χ0) is 20.6. The Kier molecular flexibility index (Phi) is 6.37. The number of benzene rings is 3. The third-order valence-electron chi connectivity index (χ3n) is 4.13. The van der Waals surface area contributed by atoms with Crippen molar-refractivity contribution in [1.29, 1.82) is 0 Å². The van der Waals surface area contributed by atoms with Crippen molar-refractivity contribution in [2.75, 3.05) is 19.0 Å². The average molecular weight is 389 g/mol. The molecule has 3 rings (SSSR count). The Balaban J connectivity index is 1.57. The summed E-state index contributed by atoms with van der Waals surface area (Å²) in [6.45, 7) is -0.443. The topological polar surface area (TPSA) is 81.7 Å². The fourth-order valence-corrected chi connectivity index (χ4v) is 2.66. The second-order valence-electron chi connectivity index (χ2n) is 6.10. The number of rotatable bonds is 7. The number of anilines is 1. The minimum absolute atomic E-state index is 0.137. The minimum atomic E-state index is -0.654. The number of nitrogens with one attached hydrogen (secondary N) is 1. The SMILES string of the molecule is COc1ccccc1NC(=O)COC(=O)c1ccc(C(=O)c2ccccc2)cc1. The molecule has 6 heteroatoms. The van der Waals surface area contributed by atoms with E-state index in [1.807, 2.05) is 6.07 Å². The van der Waals surface area contributed by atoms with Crippen LogP contribution in [0.25, 0.3) is 0 Å². The van der Waals surface area contributed by atoms with Crippen LogP contribution in [0.5, 0.6) is 5.75 Å². The standard InChI is InChI=1S/C23H19NO5/c1-28-20-10-6-5-9-19(20)24-21(25)15-29-23(27)18-13-11-17(12-14-18)22(26)16-7-3-2-4-8-16/h2-14H,15H2,1H3,(H,24,25). The van der Waals surface area contributed by atoms with Crippen molar-refractivity contribution < 1.29 is 23.9 Å². The van der Waals surface area contributed by atoms with E-state index in [-0.39, 0.29) is 11.3 Å². The number of ether oxygens (including phenoxy) is 2. The van der Waals surface area contributed by atoms with Crippen molar-refractivity contribution in [1.82, 2.24) is 0 Å². The first kappa shape index (κ1) is 19.8. The first-order valence-corrected chi connectivity index (χ1v) is 8.88. The third-order valence-corrected chi connectivity index (χ3v) is 4.13. The summed E-state index contributed by atoms with van der Waals surface area (Å²) in [6.07, 6.45) is 0. The lowest BCUT2D eigenvalue weighted by atomic mass is 10.0. The Bertz CT molecular complexity index is 1010. The predicted molar refractivity (Wildman–Crippen MR) is 108 cm³/mol. The smallest absolute Gasteiger partial charge is 0.338 e. The third kappa shape index (κ3) is 5.07. The fourth-order valence-electron chi connectivity index (χ4n) is 2.66. The van der Waals surface area contributed by atoms with Gasteiger partial charge in [0.15, 0.2) is 12.4 Å². The van der Waals surface area contributed by atoms with Crippen LogP contribution in [0.1, 0.15) is 26.3 Å². The molecule has 0 aliphatic rings. The highest BCUT2D eigenvalue weighted by Gasteiger charge is 2.14. The lowest BCUT2D eigenvalue weighted by Gasteiger charge is -2.10. The van der Waals surface area contributed by atoms with E-state index in [1.165, 1.54) is 19.2 Å². The van der Waals surface area contributed by atoms with E-state index in [2.05, 4.69) is 5.32 Å². The Morgan fingerprint density at radius 2 is 1.34 bits per heavy atom. The van der Waals surface area contributed by atoms with Crippen LogP contribution in [0.15, 0.2) is 78.9 Å². The molecule has 0 atom stereocenters. The lowest BCUT2D eigenvalue weighted by molar-refractivity contribution is -0.119. The largest absolute Gasteiger partial charge is 0.495 e. The van der Waals surface area contributed by atoms with E-state index in [0.717, 1.165) is 0 Å². The summed E-state index contributed by atoms with van der Waals surface area (Å²) in [4.78, 5) is 36.6. The van der Waals surface area contributed by atoms with Crippen molar-refractivity contribution in [3.05, 3.63) is 95.6 Å². The van der Waals surface area contributed by atoms with E-state index < -0.39 is 18.5 Å². The number of hydrogen-bond donors (Lipinski definition) is 1. The molecule has 1 N–H and O–H groups in total. The predicted octanol–water partition coefficient (Wildman–Crippen LogP) is 3.72. The Morgan fingerprint density at radius 1 is 0.759 bits per heavy atom. The van der Waals surface area contributed by atoms with Gasteiger partial charge in [0.1, 0.15) is 5.75 Å². The monoisotopic (exact) mass is 389 g/mol. The van der Waals surface area contributed by atoms with E-state index in [9.17, 15) is 14.4 Å². The molecule has 0 aliphatic carbocycles. The zero-order valence-corrected chi connectivity index (χ0v) is 15.8. The quantitative estimate of drug-likeness (QED) is 0.492. The molecule has 146 valence electrons. The van der Waals surface area contributed by atoms with Gasteiger partial charge in [0.25, 0.3) is 5.91 Å². The highest BCUT2D eigenvalue weighted by Crippen LogP contribution is 2.22. The van der Waals surface area contributed by atoms with Gasteiger partial charge in [-0.1, -0.05) is 54.6 Å². The molecule has 0 saturated heterocycles. The second-order valence-corrected chi connectivity index (χ2v) is 6.10. The molecule has 29 heavy (non-hydrogen) atoms. The normalized spacial score (nSPS) is 10.1. The van der Waals surface area contributed by atoms with Crippen LogP contribution in [0, 0.1) is 0 Å². The lowest BCUT2D eigenvalue weighted by Crippen LogP contribution is -2.21. The van der Waals surface area contributed by atoms with Gasteiger partial charge in [0.2, 0.25) is 0 Å². The Morgan fingerprint density at radius 3 is 2.03 bits per heavy atom. The molecule has 1 amide bonds. The molecule has 0 spiro atoms. The number of carbonyl (C=O) groups is 3. The van der Waals surface area contributed by atoms with Gasteiger partial charge < -0.3 is 14.8 Å². The van der Waals surface area contributed by atoms with Gasteiger partial charge in [-0.3, -0.25) is 9.59 Å². The number of ketones is 1. The van der Waals surface area contributed by atoms with Gasteiger partial charge in [-0.2, -0.15) is 0 Å². The van der Waals surface area contributed by atoms with Crippen molar-refractivity contribution >= 4 is 23.3 Å². The fraction of sp³-hybridized carbons (Fsp3) is 0.0870. The summed E-state index contributed by atoms with van der Waals surface area (Å²) in [5.41, 5.74) is 1.76. The summed E-state index contributed by atoms with van der Waals surface area (Å²) in [5.74, 6) is -0.773. The van der Waals surface area contributed by atoms with Crippen molar-refractivity contribution in [3.8, 4) is 5.75 Å². The molecular weight excluding hydrogens is 370 g/mol. The maximum atomic E-state index is 12.4. The highest BCUT2D eigenvalue weighted by molar-refractivity contribution is 6.09. The van der Waals surface area contributed by atoms with Crippen LogP contribution in [0.4, 0.5) is 5.69 Å². The van der Waals surface area contributed by atoms with Gasteiger partial charge in [-0.25, -0.2) is 4.79 Å². The number of para-hydroxylation sites is 2. The first-order chi connectivity index (χ1) is 14.1. The van der Waals surface area contributed by atoms with Gasteiger partial charge in [-0.15, -0.1) is 0 Å². The molecule has 0 unspecified atom stereocenters. The maximum absolute atomic E-state index is 12.4. The molecule has 0 saturated carbocycles. The summed E-state index contributed by atoms with van der Waals surface area (Å²) in [7, 11) is 1.50. The molecule has 0 bridgehead atoms. The first-order valence-electron chi connectivity index (χ1n) is 8.88. The van der Waals surface area contributed by atoms with Crippen LogP contribution in [0.2, 0.25) is 0 Å². The van der Waals surface area contributed by atoms with E-state index in [4.69, 9.17) is 9.47 Å². The molecule has 0 fully saturated rings. The van der Waals surface area contributed by atoms with Crippen LogP contribution in [-0.4, -0.2) is 31.4 Å². The maximum Gasteiger partial charge on any atom is 0.338 e. The summed E-state index contributed by atoms with van der Waals surface area (Å²) in [6, 6.07) is 21.9. The van der Waals surface area contributed by atoms with Gasteiger partial charge in [0.05, 0.1) is 18.4 Å². The van der Waals surface area contributed by atoms with Crippen molar-refractivity contribution in [2.45, 2.75) is 0 Å². The van der Waals surface area contributed by atoms with Crippen molar-refractivity contribution in [3.63, 3.8) is 0 Å². The Hall–Kier alpha value is -3.93. The number of hydrogen-bond acceptors (Lipinski definition) is 5. The summed E-state index contributed by atoms with van der Waals surface area (Å²) >= 11 is 0. The summed E-state index contributed by atoms with van der Waals surface area (Å²) in [5, 5.41) is 2.62. The number of carbonyl (C=O) groups excluding carboxylic acids is 3. The molecule has 0 heterocycles. The molecule has 3 aromatic carbocycles. The number of methoxy groups -OCH3 is 1. The average Bonchev–Trinajstić information content (AvgIpc) is 2.78. The van der Waals surface area contributed by atoms with Crippen LogP contribution < -0.4 is 10.1 Å². The molecule has 0 radical (unpaired) electrons. The molecule has 0 aliphatic heterocycles. The van der Waals surface area contributed by atoms with E-state index in [1.54, 1.807) is 60.7 Å². The van der Waals surface area contributed by atoms with E-state index >= 15 is 0 Å². The minimum Gasteiger partial charge on any atom is -0.495 e. The van der Waals surface area contributed by atoms with Crippen LogP contribution >= 0.6 is 0 Å². The van der Waals surface area contributed by atoms with Crippen LogP contribution in [0.3, 0.4) is 0 Å². The molecule has 6 nitrogen and oxygen atoms in total. The van der Waals surface area contributed by atoms with Gasteiger partial charge >= 0.3 is 5.97 Å². The zero-order valence-electron chi connectivity index (χ0n) is 15.8.